The Labute approximate surface area is 124 Å². The first-order chi connectivity index (χ1) is 9.90. The van der Waals surface area contributed by atoms with Crippen molar-refractivity contribution in [1.29, 1.82) is 0 Å². The summed E-state index contributed by atoms with van der Waals surface area (Å²) in [6.07, 6.45) is 0. The number of nitro groups is 1. The van der Waals surface area contributed by atoms with Gasteiger partial charge in [-0.1, -0.05) is 0 Å². The fourth-order valence-corrected chi connectivity index (χ4v) is 2.72. The lowest BCUT2D eigenvalue weighted by Gasteiger charge is -2.19. The Hall–Kier alpha value is -2.48. The van der Waals surface area contributed by atoms with Crippen molar-refractivity contribution in [3.63, 3.8) is 0 Å². The van der Waals surface area contributed by atoms with Crippen LogP contribution in [0.25, 0.3) is 0 Å². The lowest BCUT2D eigenvalue weighted by molar-refractivity contribution is -0.384. The Bertz CT molecular complexity index is 698. The summed E-state index contributed by atoms with van der Waals surface area (Å²) in [4.78, 5) is 28.4. The van der Waals surface area contributed by atoms with E-state index in [1.54, 1.807) is 17.5 Å². The molecule has 0 aliphatic heterocycles. The molecule has 0 saturated heterocycles. The van der Waals surface area contributed by atoms with Gasteiger partial charge in [0.05, 0.1) is 28.2 Å². The number of nitrogens with zero attached hydrogens (tertiary/aromatic N) is 3. The average Bonchev–Trinajstić information content (AvgIpc) is 2.83. The molecular weight excluding hydrogens is 294 g/mol. The molecule has 2 aromatic rings. The molecule has 0 atom stereocenters. The lowest BCUT2D eigenvalue weighted by atomic mass is 10.1. The number of carboxylic acids is 1. The Morgan fingerprint density at radius 1 is 1.52 bits per heavy atom. The maximum absolute atomic E-state index is 11.1. The van der Waals surface area contributed by atoms with Gasteiger partial charge in [-0.3, -0.25) is 10.1 Å². The molecule has 0 aliphatic carbocycles. The molecule has 7 nitrogen and oxygen atoms in total. The van der Waals surface area contributed by atoms with E-state index in [9.17, 15) is 14.9 Å². The van der Waals surface area contributed by atoms with E-state index in [4.69, 9.17) is 5.11 Å². The molecule has 110 valence electrons. The van der Waals surface area contributed by atoms with Crippen molar-refractivity contribution in [2.75, 3.05) is 11.9 Å². The maximum Gasteiger partial charge on any atom is 0.335 e. The number of aromatic nitrogens is 1. The first kappa shape index (κ1) is 14.9. The summed E-state index contributed by atoms with van der Waals surface area (Å²) in [6, 6.07) is 3.77. The minimum atomic E-state index is -1.12. The quantitative estimate of drug-likeness (QED) is 0.674. The van der Waals surface area contributed by atoms with Crippen LogP contribution in [0.15, 0.2) is 23.7 Å². The molecule has 0 fully saturated rings. The van der Waals surface area contributed by atoms with Crippen molar-refractivity contribution in [2.24, 2.45) is 0 Å². The Morgan fingerprint density at radius 3 is 2.76 bits per heavy atom. The third-order valence-corrected chi connectivity index (χ3v) is 3.98. The number of thiazole rings is 1. The molecular formula is C13H13N3O4S. The van der Waals surface area contributed by atoms with Crippen molar-refractivity contribution >= 4 is 28.7 Å². The van der Waals surface area contributed by atoms with Gasteiger partial charge >= 0.3 is 5.97 Å². The molecule has 0 aliphatic rings. The van der Waals surface area contributed by atoms with Gasteiger partial charge in [0.15, 0.2) is 0 Å². The number of benzene rings is 1. The van der Waals surface area contributed by atoms with Crippen molar-refractivity contribution in [3.05, 3.63) is 50.0 Å². The molecule has 0 radical (unpaired) electrons. The van der Waals surface area contributed by atoms with E-state index < -0.39 is 10.9 Å². The highest BCUT2D eigenvalue weighted by Gasteiger charge is 2.20. The van der Waals surface area contributed by atoms with Gasteiger partial charge in [0.25, 0.3) is 5.69 Å². The molecule has 0 bridgehead atoms. The summed E-state index contributed by atoms with van der Waals surface area (Å²) in [5.41, 5.74) is 2.74. The number of aryl methyl sites for hydroxylation is 1. The third-order valence-electron chi connectivity index (χ3n) is 3.06. The van der Waals surface area contributed by atoms with E-state index in [1.807, 2.05) is 6.92 Å². The Kier molecular flexibility index (Phi) is 4.18. The first-order valence-electron chi connectivity index (χ1n) is 6.02. The van der Waals surface area contributed by atoms with Crippen molar-refractivity contribution in [2.45, 2.75) is 13.5 Å². The molecule has 1 heterocycles. The van der Waals surface area contributed by atoms with Gasteiger partial charge in [0, 0.05) is 18.0 Å². The van der Waals surface area contributed by atoms with Gasteiger partial charge in [0.1, 0.15) is 5.69 Å². The molecule has 0 saturated carbocycles. The smallest absolute Gasteiger partial charge is 0.335 e. The van der Waals surface area contributed by atoms with Gasteiger partial charge in [-0.25, -0.2) is 9.78 Å². The van der Waals surface area contributed by atoms with Crippen LogP contribution in [0.1, 0.15) is 20.9 Å². The fraction of sp³-hybridized carbons (Fsp3) is 0.231. The van der Waals surface area contributed by atoms with Gasteiger partial charge in [-0.15, -0.1) is 11.3 Å². The van der Waals surface area contributed by atoms with E-state index in [0.29, 0.717) is 6.54 Å². The van der Waals surface area contributed by atoms with Gasteiger partial charge in [-0.2, -0.15) is 0 Å². The van der Waals surface area contributed by atoms with Crippen LogP contribution in [-0.2, 0) is 6.54 Å². The second-order valence-corrected chi connectivity index (χ2v) is 5.42. The summed E-state index contributed by atoms with van der Waals surface area (Å²) >= 11 is 1.46. The van der Waals surface area contributed by atoms with E-state index in [0.717, 1.165) is 10.6 Å². The summed E-state index contributed by atoms with van der Waals surface area (Å²) in [6.45, 7) is 2.29. The molecule has 1 aromatic heterocycles. The van der Waals surface area contributed by atoms with Crippen LogP contribution in [0.5, 0.6) is 0 Å². The summed E-state index contributed by atoms with van der Waals surface area (Å²) in [5.74, 6) is -1.12. The van der Waals surface area contributed by atoms with Crippen LogP contribution in [0.3, 0.4) is 0 Å². The monoisotopic (exact) mass is 307 g/mol. The van der Waals surface area contributed by atoms with E-state index in [-0.39, 0.29) is 16.9 Å². The normalized spacial score (nSPS) is 10.4. The zero-order chi connectivity index (χ0) is 15.6. The Morgan fingerprint density at radius 2 is 2.24 bits per heavy atom. The van der Waals surface area contributed by atoms with Gasteiger partial charge in [-0.05, 0) is 19.1 Å². The number of hydrogen-bond acceptors (Lipinski definition) is 6. The zero-order valence-electron chi connectivity index (χ0n) is 11.4. The minimum absolute atomic E-state index is 0.0171. The van der Waals surface area contributed by atoms with Crippen LogP contribution in [0, 0.1) is 17.0 Å². The maximum atomic E-state index is 11.1. The van der Waals surface area contributed by atoms with Crippen LogP contribution < -0.4 is 4.90 Å². The number of rotatable bonds is 5. The highest BCUT2D eigenvalue weighted by molar-refractivity contribution is 7.09. The molecule has 8 heteroatoms. The van der Waals surface area contributed by atoms with Crippen LogP contribution in [-0.4, -0.2) is 28.0 Å². The number of carbonyl (C=O) groups is 1. The topological polar surface area (TPSA) is 96.6 Å². The SMILES string of the molecule is Cc1ncsc1CN(C)c1cc(C(=O)O)ccc1[N+](=O)[O-]. The molecule has 2 rings (SSSR count). The molecule has 21 heavy (non-hydrogen) atoms. The predicted molar refractivity (Wildman–Crippen MR) is 79.0 cm³/mol. The predicted octanol–water partition coefficient (Wildman–Crippen LogP) is 2.69. The van der Waals surface area contributed by atoms with Gasteiger partial charge in [0.2, 0.25) is 0 Å². The van der Waals surface area contributed by atoms with Crippen molar-refractivity contribution in [3.8, 4) is 0 Å². The highest BCUT2D eigenvalue weighted by Crippen LogP contribution is 2.30. The first-order valence-corrected chi connectivity index (χ1v) is 6.90. The number of nitro benzene ring substituents is 1. The van der Waals surface area contributed by atoms with Crippen molar-refractivity contribution < 1.29 is 14.8 Å². The second-order valence-electron chi connectivity index (χ2n) is 4.48. The van der Waals surface area contributed by atoms with E-state index in [1.165, 1.54) is 29.5 Å². The zero-order valence-corrected chi connectivity index (χ0v) is 12.3. The number of carboxylic acid groups (broad SMARTS) is 1. The molecule has 0 amide bonds. The number of anilines is 1. The second kappa shape index (κ2) is 5.88. The Balaban J connectivity index is 2.39. The van der Waals surface area contributed by atoms with Gasteiger partial charge < -0.3 is 10.0 Å². The lowest BCUT2D eigenvalue weighted by Crippen LogP contribution is -2.18. The summed E-state index contributed by atoms with van der Waals surface area (Å²) < 4.78 is 0. The number of hydrogen-bond donors (Lipinski definition) is 1. The van der Waals surface area contributed by atoms with Crippen molar-refractivity contribution in [1.82, 2.24) is 4.98 Å². The molecule has 1 aromatic carbocycles. The van der Waals surface area contributed by atoms with Crippen LogP contribution in [0.2, 0.25) is 0 Å². The highest BCUT2D eigenvalue weighted by atomic mass is 32.1. The standard InChI is InChI=1S/C13H13N3O4S/c1-8-12(21-7-14-8)6-15(2)11-5-9(13(17)18)3-4-10(11)16(19)20/h3-5,7H,6H2,1-2H3,(H,17,18). The molecule has 1 N–H and O–H groups in total. The van der Waals surface area contributed by atoms with E-state index in [2.05, 4.69) is 4.98 Å². The van der Waals surface area contributed by atoms with Crippen LogP contribution >= 0.6 is 11.3 Å². The van der Waals surface area contributed by atoms with E-state index >= 15 is 0 Å². The molecule has 0 spiro atoms. The molecule has 0 unspecified atom stereocenters. The fourth-order valence-electron chi connectivity index (χ4n) is 1.90. The summed E-state index contributed by atoms with van der Waals surface area (Å²) in [5, 5.41) is 20.1. The largest absolute Gasteiger partial charge is 0.478 e. The minimum Gasteiger partial charge on any atom is -0.478 e. The summed E-state index contributed by atoms with van der Waals surface area (Å²) in [7, 11) is 1.69. The average molecular weight is 307 g/mol. The number of aromatic carboxylic acids is 1. The van der Waals surface area contributed by atoms with Crippen LogP contribution in [0.4, 0.5) is 11.4 Å². The third kappa shape index (κ3) is 3.16.